The van der Waals surface area contributed by atoms with E-state index in [1.165, 1.54) is 443 Å². The van der Waals surface area contributed by atoms with Gasteiger partial charge in [-0.05, 0) is 25.7 Å². The Balaban J connectivity index is 3.29. The quantitative estimate of drug-likeness (QED) is 0.0417. The van der Waals surface area contributed by atoms with Crippen LogP contribution in [0.15, 0.2) is 0 Å². The van der Waals surface area contributed by atoms with Crippen molar-refractivity contribution in [3.63, 3.8) is 0 Å². The van der Waals surface area contributed by atoms with Crippen LogP contribution in [0.3, 0.4) is 0 Å². The number of nitrogens with one attached hydrogen (secondary N) is 1. The van der Waals surface area contributed by atoms with E-state index in [1.54, 1.807) is 0 Å². The van der Waals surface area contributed by atoms with Crippen molar-refractivity contribution >= 4 is 11.9 Å². The Hall–Kier alpha value is -1.14. The molecule has 0 fully saturated rings. The average Bonchev–Trinajstić information content (AvgIpc) is 3.76. The second kappa shape index (κ2) is 82.3. The molecule has 0 aromatic heterocycles. The summed E-state index contributed by atoms with van der Waals surface area (Å²) in [5.74, 6) is 0.00626. The van der Waals surface area contributed by atoms with Crippen LogP contribution >= 0.6 is 0 Å². The standard InChI is InChI=1S/C86H171NO5/c1-3-5-7-9-11-13-15-17-19-21-22-40-43-47-50-54-58-62-66-70-74-78-84(89)83(82-88)87-85(90)79-75-71-67-63-59-55-51-48-44-41-38-36-34-32-30-28-26-24-23-25-27-29-31-33-35-37-39-42-45-49-53-57-61-65-69-73-77-81-92-86(91)80-76-72-68-64-60-56-52-46-20-18-16-14-12-10-8-6-4-2/h83-84,88-89H,3-82H2,1-2H3,(H,87,90). The molecule has 92 heavy (non-hydrogen) atoms. The maximum atomic E-state index is 12.6. The largest absolute Gasteiger partial charge is 0.466 e. The average molecular weight is 1300 g/mol. The molecule has 0 rings (SSSR count). The predicted octanol–water partition coefficient (Wildman–Crippen LogP) is 28.8. The fraction of sp³-hybridized carbons (Fsp3) is 0.977. The van der Waals surface area contributed by atoms with E-state index < -0.39 is 12.1 Å². The number of hydrogen-bond acceptors (Lipinski definition) is 5. The zero-order valence-electron chi connectivity index (χ0n) is 63.3. The number of amides is 1. The summed E-state index contributed by atoms with van der Waals surface area (Å²) in [5.41, 5.74) is 0. The van der Waals surface area contributed by atoms with Crippen LogP contribution in [-0.4, -0.2) is 47.4 Å². The van der Waals surface area contributed by atoms with Crippen LogP contribution in [0.5, 0.6) is 0 Å². The first kappa shape index (κ1) is 90.9. The van der Waals surface area contributed by atoms with Gasteiger partial charge < -0.3 is 20.3 Å². The molecule has 0 aromatic rings. The lowest BCUT2D eigenvalue weighted by Crippen LogP contribution is -2.45. The van der Waals surface area contributed by atoms with Gasteiger partial charge in [0.15, 0.2) is 0 Å². The van der Waals surface area contributed by atoms with Gasteiger partial charge in [-0.2, -0.15) is 0 Å². The minimum atomic E-state index is -0.660. The number of rotatable bonds is 83. The molecular weight excluding hydrogens is 1130 g/mol. The van der Waals surface area contributed by atoms with Crippen molar-refractivity contribution in [2.45, 2.75) is 527 Å². The minimum absolute atomic E-state index is 0.0228. The fourth-order valence-electron chi connectivity index (χ4n) is 14.4. The van der Waals surface area contributed by atoms with Gasteiger partial charge in [0.05, 0.1) is 25.4 Å². The number of unbranched alkanes of at least 4 members (excludes halogenated alkanes) is 72. The SMILES string of the molecule is CCCCCCCCCCCCCCCCCCCCCCCC(O)C(CO)NC(=O)CCCCCCCCCCCCCCCCCCCCCCCCCCCCCCCCCCCCCCCOC(=O)CCCCCCCCCCCCCCCCCCC. The van der Waals surface area contributed by atoms with Gasteiger partial charge in [-0.15, -0.1) is 0 Å². The van der Waals surface area contributed by atoms with Crippen LogP contribution in [0.25, 0.3) is 0 Å². The zero-order valence-corrected chi connectivity index (χ0v) is 63.3. The summed E-state index contributed by atoms with van der Waals surface area (Å²) in [7, 11) is 0. The van der Waals surface area contributed by atoms with Crippen molar-refractivity contribution in [1.82, 2.24) is 5.32 Å². The van der Waals surface area contributed by atoms with E-state index in [4.69, 9.17) is 4.74 Å². The summed E-state index contributed by atoms with van der Waals surface area (Å²) in [6.07, 6.45) is 104. The first-order chi connectivity index (χ1) is 45.5. The molecule has 6 heteroatoms. The van der Waals surface area contributed by atoms with Crippen LogP contribution in [0, 0.1) is 0 Å². The molecule has 0 radical (unpaired) electrons. The van der Waals surface area contributed by atoms with Crippen LogP contribution in [0.2, 0.25) is 0 Å². The van der Waals surface area contributed by atoms with Gasteiger partial charge in [0, 0.05) is 12.8 Å². The van der Waals surface area contributed by atoms with Crippen LogP contribution in [0.1, 0.15) is 515 Å². The third-order valence-electron chi connectivity index (χ3n) is 20.9. The Bertz CT molecular complexity index is 1360. The fourth-order valence-corrected chi connectivity index (χ4v) is 14.4. The maximum absolute atomic E-state index is 12.6. The van der Waals surface area contributed by atoms with E-state index in [0.29, 0.717) is 25.9 Å². The lowest BCUT2D eigenvalue weighted by atomic mass is 10.0. The smallest absolute Gasteiger partial charge is 0.305 e. The Kier molecular flexibility index (Phi) is 81.3. The molecule has 0 aliphatic rings. The Morgan fingerprint density at radius 2 is 0.446 bits per heavy atom. The number of aliphatic hydroxyl groups excluding tert-OH is 2. The Morgan fingerprint density at radius 3 is 0.663 bits per heavy atom. The maximum Gasteiger partial charge on any atom is 0.305 e. The van der Waals surface area contributed by atoms with Crippen LogP contribution in [-0.2, 0) is 14.3 Å². The number of esters is 1. The predicted molar refractivity (Wildman–Crippen MR) is 407 cm³/mol. The molecular formula is C86H171NO5. The highest BCUT2D eigenvalue weighted by Crippen LogP contribution is 2.21. The third-order valence-corrected chi connectivity index (χ3v) is 20.9. The van der Waals surface area contributed by atoms with Gasteiger partial charge >= 0.3 is 5.97 Å². The highest BCUT2D eigenvalue weighted by atomic mass is 16.5. The van der Waals surface area contributed by atoms with Gasteiger partial charge in [0.25, 0.3) is 0 Å². The Labute approximate surface area is 578 Å². The normalized spacial score (nSPS) is 12.3. The molecule has 550 valence electrons. The van der Waals surface area contributed by atoms with Crippen molar-refractivity contribution in [2.24, 2.45) is 0 Å². The van der Waals surface area contributed by atoms with Gasteiger partial charge in [-0.25, -0.2) is 0 Å². The van der Waals surface area contributed by atoms with Crippen molar-refractivity contribution in [2.75, 3.05) is 13.2 Å². The minimum Gasteiger partial charge on any atom is -0.466 e. The van der Waals surface area contributed by atoms with Crippen molar-refractivity contribution in [3.8, 4) is 0 Å². The number of carbonyl (C=O) groups is 2. The molecule has 6 nitrogen and oxygen atoms in total. The first-order valence-corrected chi connectivity index (χ1v) is 43.3. The molecule has 0 aliphatic heterocycles. The van der Waals surface area contributed by atoms with Crippen LogP contribution in [0.4, 0.5) is 0 Å². The van der Waals surface area contributed by atoms with Crippen LogP contribution < -0.4 is 5.32 Å². The first-order valence-electron chi connectivity index (χ1n) is 43.3. The molecule has 2 unspecified atom stereocenters. The van der Waals surface area contributed by atoms with E-state index in [2.05, 4.69) is 19.2 Å². The molecule has 1 amide bonds. The molecule has 0 saturated heterocycles. The summed E-state index contributed by atoms with van der Waals surface area (Å²) in [6, 6.07) is -0.537. The van der Waals surface area contributed by atoms with Gasteiger partial charge in [0.1, 0.15) is 0 Å². The molecule has 0 bridgehead atoms. The highest BCUT2D eigenvalue weighted by molar-refractivity contribution is 5.76. The molecule has 0 aromatic carbocycles. The van der Waals surface area contributed by atoms with Gasteiger partial charge in [-0.1, -0.05) is 476 Å². The number of ether oxygens (including phenoxy) is 1. The molecule has 2 atom stereocenters. The molecule has 3 N–H and O–H groups in total. The summed E-state index contributed by atoms with van der Waals surface area (Å²) >= 11 is 0. The summed E-state index contributed by atoms with van der Waals surface area (Å²) in [5, 5.41) is 23.5. The Morgan fingerprint density at radius 1 is 0.261 bits per heavy atom. The number of aliphatic hydroxyl groups is 2. The lowest BCUT2D eigenvalue weighted by molar-refractivity contribution is -0.143. The topological polar surface area (TPSA) is 95.9 Å². The van der Waals surface area contributed by atoms with Crippen molar-refractivity contribution < 1.29 is 24.5 Å². The summed E-state index contributed by atoms with van der Waals surface area (Å²) in [6.45, 7) is 5.03. The summed E-state index contributed by atoms with van der Waals surface area (Å²) < 4.78 is 5.52. The highest BCUT2D eigenvalue weighted by Gasteiger charge is 2.20. The van der Waals surface area contributed by atoms with E-state index in [-0.39, 0.29) is 18.5 Å². The lowest BCUT2D eigenvalue weighted by Gasteiger charge is -2.22. The zero-order chi connectivity index (χ0) is 66.3. The molecule has 0 spiro atoms. The van der Waals surface area contributed by atoms with Gasteiger partial charge in [0.2, 0.25) is 5.91 Å². The molecule has 0 heterocycles. The summed E-state index contributed by atoms with van der Waals surface area (Å²) in [4.78, 5) is 24.7. The molecule has 0 saturated carbocycles. The van der Waals surface area contributed by atoms with E-state index in [0.717, 1.165) is 38.5 Å². The third kappa shape index (κ3) is 77.9. The monoisotopic (exact) mass is 1300 g/mol. The van der Waals surface area contributed by atoms with E-state index in [1.807, 2.05) is 0 Å². The van der Waals surface area contributed by atoms with E-state index in [9.17, 15) is 19.8 Å². The van der Waals surface area contributed by atoms with Crippen molar-refractivity contribution in [3.05, 3.63) is 0 Å². The second-order valence-electron chi connectivity index (χ2n) is 30.2. The van der Waals surface area contributed by atoms with Gasteiger partial charge in [-0.3, -0.25) is 9.59 Å². The second-order valence-corrected chi connectivity index (χ2v) is 30.2. The number of hydrogen-bond donors (Lipinski definition) is 3. The van der Waals surface area contributed by atoms with Crippen molar-refractivity contribution in [1.29, 1.82) is 0 Å². The molecule has 0 aliphatic carbocycles. The number of carbonyl (C=O) groups excluding carboxylic acids is 2. The van der Waals surface area contributed by atoms with E-state index >= 15 is 0 Å².